The van der Waals surface area contributed by atoms with E-state index in [1.165, 1.54) is 24.8 Å². The van der Waals surface area contributed by atoms with Crippen molar-refractivity contribution in [2.45, 2.75) is 58.9 Å². The Labute approximate surface area is 129 Å². The highest BCUT2D eigenvalue weighted by atomic mass is 35.5. The smallest absolute Gasteiger partial charge is 0.0408 e. The first kappa shape index (κ1) is 15.9. The Hall–Kier alpha value is -0.530. The molecular weight excluding hydrogens is 266 g/mol. The van der Waals surface area contributed by atoms with E-state index in [0.29, 0.717) is 23.3 Å². The average molecular weight is 294 g/mol. The molecule has 1 aromatic rings. The van der Waals surface area contributed by atoms with Crippen LogP contribution in [0, 0.1) is 11.3 Å². The maximum Gasteiger partial charge on any atom is 0.0408 e. The third kappa shape index (κ3) is 2.51. The summed E-state index contributed by atoms with van der Waals surface area (Å²) in [7, 11) is 0. The monoisotopic (exact) mass is 293 g/mol. The van der Waals surface area contributed by atoms with Crippen LogP contribution in [0.1, 0.15) is 58.4 Å². The van der Waals surface area contributed by atoms with Gasteiger partial charge in [-0.15, -0.1) is 0 Å². The van der Waals surface area contributed by atoms with Gasteiger partial charge < -0.3 is 5.32 Å². The van der Waals surface area contributed by atoms with Gasteiger partial charge in [-0.05, 0) is 60.8 Å². The van der Waals surface area contributed by atoms with Gasteiger partial charge in [0.1, 0.15) is 0 Å². The molecule has 1 aliphatic rings. The van der Waals surface area contributed by atoms with Crippen LogP contribution in [0.15, 0.2) is 24.3 Å². The summed E-state index contributed by atoms with van der Waals surface area (Å²) in [5, 5.41) is 4.65. The third-order valence-electron chi connectivity index (χ3n) is 5.43. The zero-order valence-electron chi connectivity index (χ0n) is 13.2. The molecule has 0 bridgehead atoms. The predicted molar refractivity (Wildman–Crippen MR) is 88.5 cm³/mol. The van der Waals surface area contributed by atoms with Gasteiger partial charge in [0.2, 0.25) is 0 Å². The predicted octanol–water partition coefficient (Wildman–Crippen LogP) is 5.25. The Kier molecular flexibility index (Phi) is 5.14. The Balaban J connectivity index is 2.28. The highest BCUT2D eigenvalue weighted by molar-refractivity contribution is 6.30. The van der Waals surface area contributed by atoms with E-state index in [9.17, 15) is 0 Å². The molecule has 1 saturated carbocycles. The maximum absolute atomic E-state index is 6.20. The quantitative estimate of drug-likeness (QED) is 0.755. The molecule has 3 unspecified atom stereocenters. The lowest BCUT2D eigenvalue weighted by Gasteiger charge is -2.61. The van der Waals surface area contributed by atoms with E-state index in [2.05, 4.69) is 51.2 Å². The lowest BCUT2D eigenvalue weighted by Crippen LogP contribution is -2.64. The molecule has 2 heteroatoms. The first-order valence-corrected chi connectivity index (χ1v) is 8.47. The first-order valence-electron chi connectivity index (χ1n) is 8.09. The highest BCUT2D eigenvalue weighted by Crippen LogP contribution is 2.60. The lowest BCUT2D eigenvalue weighted by molar-refractivity contribution is -0.0393. The van der Waals surface area contributed by atoms with Gasteiger partial charge in [0.15, 0.2) is 0 Å². The van der Waals surface area contributed by atoms with Gasteiger partial charge >= 0.3 is 0 Å². The Morgan fingerprint density at radius 1 is 1.20 bits per heavy atom. The Morgan fingerprint density at radius 3 is 2.45 bits per heavy atom. The fourth-order valence-electron chi connectivity index (χ4n) is 4.47. The second-order valence-corrected chi connectivity index (χ2v) is 6.70. The van der Waals surface area contributed by atoms with Crippen molar-refractivity contribution in [1.29, 1.82) is 0 Å². The van der Waals surface area contributed by atoms with Crippen LogP contribution >= 0.6 is 11.6 Å². The molecule has 0 radical (unpaired) electrons. The molecular formula is C18H28ClN. The number of rotatable bonds is 6. The van der Waals surface area contributed by atoms with E-state index in [4.69, 9.17) is 11.6 Å². The Morgan fingerprint density at radius 2 is 1.90 bits per heavy atom. The van der Waals surface area contributed by atoms with Crippen molar-refractivity contribution in [2.75, 3.05) is 6.54 Å². The highest BCUT2D eigenvalue weighted by Gasteiger charge is 2.57. The van der Waals surface area contributed by atoms with Gasteiger partial charge in [-0.1, -0.05) is 51.4 Å². The summed E-state index contributed by atoms with van der Waals surface area (Å²) in [6.45, 7) is 10.4. The van der Waals surface area contributed by atoms with Gasteiger partial charge in [-0.25, -0.2) is 0 Å². The molecule has 1 aliphatic carbocycles. The SMILES string of the molecule is CCCNC1C(C)C(c2cccc(Cl)c2)C1(CC)CC. The number of hydrogen-bond acceptors (Lipinski definition) is 1. The topological polar surface area (TPSA) is 12.0 Å². The molecule has 20 heavy (non-hydrogen) atoms. The van der Waals surface area contributed by atoms with E-state index in [-0.39, 0.29) is 0 Å². The third-order valence-corrected chi connectivity index (χ3v) is 5.66. The number of benzene rings is 1. The van der Waals surface area contributed by atoms with Crippen LogP contribution in [0.5, 0.6) is 0 Å². The van der Waals surface area contributed by atoms with Crippen molar-refractivity contribution < 1.29 is 0 Å². The molecule has 1 fully saturated rings. The second-order valence-electron chi connectivity index (χ2n) is 6.26. The molecule has 3 atom stereocenters. The van der Waals surface area contributed by atoms with E-state index in [0.717, 1.165) is 11.6 Å². The zero-order valence-corrected chi connectivity index (χ0v) is 14.0. The largest absolute Gasteiger partial charge is 0.313 e. The van der Waals surface area contributed by atoms with Crippen LogP contribution in [0.3, 0.4) is 0 Å². The Bertz CT molecular complexity index is 439. The molecule has 0 aromatic heterocycles. The molecule has 0 heterocycles. The van der Waals surface area contributed by atoms with Crippen molar-refractivity contribution in [3.63, 3.8) is 0 Å². The van der Waals surface area contributed by atoms with Crippen molar-refractivity contribution >= 4 is 11.6 Å². The number of nitrogens with one attached hydrogen (secondary N) is 1. The normalized spacial score (nSPS) is 28.1. The molecule has 112 valence electrons. The molecule has 0 spiro atoms. The fraction of sp³-hybridized carbons (Fsp3) is 0.667. The van der Waals surface area contributed by atoms with Crippen molar-refractivity contribution in [3.8, 4) is 0 Å². The summed E-state index contributed by atoms with van der Waals surface area (Å²) >= 11 is 6.20. The zero-order chi connectivity index (χ0) is 14.8. The number of halogens is 1. The summed E-state index contributed by atoms with van der Waals surface area (Å²) in [4.78, 5) is 0. The van der Waals surface area contributed by atoms with Crippen LogP contribution in [0.25, 0.3) is 0 Å². The molecule has 2 rings (SSSR count). The van der Waals surface area contributed by atoms with Gasteiger partial charge in [0, 0.05) is 11.1 Å². The molecule has 0 aliphatic heterocycles. The van der Waals surface area contributed by atoms with Crippen LogP contribution in [0.2, 0.25) is 5.02 Å². The molecule has 1 aromatic carbocycles. The van der Waals surface area contributed by atoms with Crippen molar-refractivity contribution in [3.05, 3.63) is 34.9 Å². The average Bonchev–Trinajstić information content (AvgIpc) is 2.44. The molecule has 1 N–H and O–H groups in total. The summed E-state index contributed by atoms with van der Waals surface area (Å²) in [5.74, 6) is 1.31. The molecule has 0 saturated heterocycles. The van der Waals surface area contributed by atoms with Crippen LogP contribution in [-0.2, 0) is 0 Å². The summed E-state index contributed by atoms with van der Waals surface area (Å²) < 4.78 is 0. The van der Waals surface area contributed by atoms with Gasteiger partial charge in [-0.2, -0.15) is 0 Å². The van der Waals surface area contributed by atoms with Crippen molar-refractivity contribution in [2.24, 2.45) is 11.3 Å². The molecule has 0 amide bonds. The summed E-state index contributed by atoms with van der Waals surface area (Å²) in [6, 6.07) is 9.12. The van der Waals surface area contributed by atoms with Gasteiger partial charge in [0.05, 0.1) is 0 Å². The summed E-state index contributed by atoms with van der Waals surface area (Å²) in [5.41, 5.74) is 1.81. The maximum atomic E-state index is 6.20. The van der Waals surface area contributed by atoms with Crippen LogP contribution < -0.4 is 5.32 Å². The fourth-order valence-corrected chi connectivity index (χ4v) is 4.67. The minimum Gasteiger partial charge on any atom is -0.313 e. The van der Waals surface area contributed by atoms with Crippen LogP contribution in [0.4, 0.5) is 0 Å². The van der Waals surface area contributed by atoms with E-state index in [1.54, 1.807) is 0 Å². The van der Waals surface area contributed by atoms with Gasteiger partial charge in [0.25, 0.3) is 0 Å². The van der Waals surface area contributed by atoms with E-state index in [1.807, 2.05) is 6.07 Å². The van der Waals surface area contributed by atoms with E-state index < -0.39 is 0 Å². The standard InChI is InChI=1S/C18H28ClN/c1-5-11-20-17-13(4)16(18(17,6-2)7-3)14-9-8-10-15(19)12-14/h8-10,12-13,16-17,20H,5-7,11H2,1-4H3. The van der Waals surface area contributed by atoms with Gasteiger partial charge in [-0.3, -0.25) is 0 Å². The molecule has 1 nitrogen and oxygen atoms in total. The number of hydrogen-bond donors (Lipinski definition) is 1. The van der Waals surface area contributed by atoms with Crippen LogP contribution in [-0.4, -0.2) is 12.6 Å². The minimum absolute atomic E-state index is 0.388. The second kappa shape index (κ2) is 6.49. The lowest BCUT2D eigenvalue weighted by atomic mass is 9.46. The minimum atomic E-state index is 0.388. The first-order chi connectivity index (χ1) is 9.60. The van der Waals surface area contributed by atoms with Crippen molar-refractivity contribution in [1.82, 2.24) is 5.32 Å². The summed E-state index contributed by atoms with van der Waals surface area (Å²) in [6.07, 6.45) is 3.66. The van der Waals surface area contributed by atoms with E-state index >= 15 is 0 Å².